The fourth-order valence-corrected chi connectivity index (χ4v) is 4.74. The number of benzene rings is 1. The molecule has 34 heavy (non-hydrogen) atoms. The highest BCUT2D eigenvalue weighted by Gasteiger charge is 2.34. The van der Waals surface area contributed by atoms with Crippen LogP contribution in [-0.2, 0) is 16.2 Å². The van der Waals surface area contributed by atoms with Gasteiger partial charge in [0.2, 0.25) is 5.78 Å². The lowest BCUT2D eigenvalue weighted by molar-refractivity contribution is -0.138. The highest BCUT2D eigenvalue weighted by Crippen LogP contribution is 2.34. The summed E-state index contributed by atoms with van der Waals surface area (Å²) in [7, 11) is -4.53. The third-order valence-electron chi connectivity index (χ3n) is 5.14. The van der Waals surface area contributed by atoms with Crippen LogP contribution in [-0.4, -0.2) is 29.2 Å². The summed E-state index contributed by atoms with van der Waals surface area (Å²) < 4.78 is 68.0. The van der Waals surface area contributed by atoms with Crippen LogP contribution in [0.3, 0.4) is 0 Å². The minimum absolute atomic E-state index is 0.0207. The number of H-pyrrole nitrogens is 1. The quantitative estimate of drug-likeness (QED) is 0.357. The number of anilines is 1. The monoisotopic (exact) mass is 508 g/mol. The number of aromatic amines is 1. The first-order valence-electron chi connectivity index (χ1n) is 9.72. The molecule has 0 bridgehead atoms. The maximum atomic E-state index is 13.4. The molecule has 4 aromatic rings. The van der Waals surface area contributed by atoms with E-state index in [1.807, 2.05) is 0 Å². The van der Waals surface area contributed by atoms with Gasteiger partial charge in [-0.15, -0.1) is 0 Å². The fraction of sp³-hybridized carbons (Fsp3) is 0.136. The molecule has 12 heteroatoms. The number of hydrogen-bond donors (Lipinski definition) is 2. The van der Waals surface area contributed by atoms with Crippen molar-refractivity contribution in [3.8, 4) is 0 Å². The first-order valence-corrected chi connectivity index (χ1v) is 11.6. The van der Waals surface area contributed by atoms with Crippen LogP contribution >= 0.6 is 11.6 Å². The molecule has 0 unspecified atom stereocenters. The zero-order valence-electron chi connectivity index (χ0n) is 17.7. The number of carbonyl (C=O) groups is 1. The van der Waals surface area contributed by atoms with E-state index in [-0.39, 0.29) is 27.5 Å². The number of pyridine rings is 2. The van der Waals surface area contributed by atoms with Crippen LogP contribution in [0.5, 0.6) is 0 Å². The third kappa shape index (κ3) is 4.36. The van der Waals surface area contributed by atoms with E-state index >= 15 is 0 Å². The van der Waals surface area contributed by atoms with Gasteiger partial charge in [-0.1, -0.05) is 17.7 Å². The Kier molecular flexibility index (Phi) is 5.86. The molecule has 0 radical (unpaired) electrons. The van der Waals surface area contributed by atoms with Crippen molar-refractivity contribution < 1.29 is 26.4 Å². The van der Waals surface area contributed by atoms with Crippen LogP contribution in [0.2, 0.25) is 5.02 Å². The number of rotatable bonds is 5. The number of carbonyl (C=O) groups excluding carboxylic acids is 1. The molecule has 0 fully saturated rings. The lowest BCUT2D eigenvalue weighted by Gasteiger charge is -2.15. The second-order valence-electron chi connectivity index (χ2n) is 7.51. The molecule has 0 saturated heterocycles. The largest absolute Gasteiger partial charge is 0.416 e. The Labute approximate surface area is 197 Å². The molecule has 0 aliphatic heterocycles. The molecule has 0 atom stereocenters. The minimum atomic E-state index is -4.74. The molecule has 0 aliphatic carbocycles. The van der Waals surface area contributed by atoms with Crippen LogP contribution < -0.4 is 4.72 Å². The van der Waals surface area contributed by atoms with Crippen LogP contribution in [0.1, 0.15) is 32.7 Å². The van der Waals surface area contributed by atoms with Crippen molar-refractivity contribution >= 4 is 44.1 Å². The van der Waals surface area contributed by atoms with Gasteiger partial charge in [-0.05, 0) is 49.2 Å². The molecule has 4 rings (SSSR count). The zero-order valence-corrected chi connectivity index (χ0v) is 19.2. The topological polar surface area (TPSA) is 105 Å². The van der Waals surface area contributed by atoms with Crippen molar-refractivity contribution in [2.24, 2.45) is 0 Å². The predicted molar refractivity (Wildman–Crippen MR) is 120 cm³/mol. The molecular weight excluding hydrogens is 493 g/mol. The fourth-order valence-electron chi connectivity index (χ4n) is 3.50. The number of fused-ring (bicyclic) bond motifs is 1. The summed E-state index contributed by atoms with van der Waals surface area (Å²) >= 11 is 5.98. The van der Waals surface area contributed by atoms with Crippen molar-refractivity contribution in [1.29, 1.82) is 0 Å². The summed E-state index contributed by atoms with van der Waals surface area (Å²) in [4.78, 5) is 23.9. The molecule has 176 valence electrons. The number of nitrogens with zero attached hydrogens (tertiary/aromatic N) is 2. The molecule has 3 heterocycles. The van der Waals surface area contributed by atoms with E-state index in [9.17, 15) is 26.4 Å². The molecule has 3 aromatic heterocycles. The molecule has 1 aromatic carbocycles. The third-order valence-corrected chi connectivity index (χ3v) is 6.71. The van der Waals surface area contributed by atoms with Crippen molar-refractivity contribution in [3.05, 3.63) is 81.9 Å². The van der Waals surface area contributed by atoms with Crippen molar-refractivity contribution in [3.63, 3.8) is 0 Å². The molecule has 0 amide bonds. The van der Waals surface area contributed by atoms with Crippen LogP contribution in [0, 0.1) is 13.8 Å². The molecule has 0 aliphatic rings. The maximum absolute atomic E-state index is 13.4. The van der Waals surface area contributed by atoms with Gasteiger partial charge in [0.1, 0.15) is 11.3 Å². The second kappa shape index (κ2) is 8.41. The van der Waals surface area contributed by atoms with E-state index in [1.165, 1.54) is 25.4 Å². The number of aromatic nitrogens is 3. The number of sulfonamides is 1. The SMILES string of the molecule is Cc1ccc(S(=O)(=O)Nc2cc(Cl)cnc2C(=O)c2c(C)cnc3[nH]ccc23)cc1C(F)(F)F. The zero-order chi connectivity index (χ0) is 24.8. The highest BCUT2D eigenvalue weighted by molar-refractivity contribution is 7.92. The first kappa shape index (κ1) is 23.7. The standard InChI is InChI=1S/C22H16ClF3N4O3S/c1-11-3-4-14(8-16(11)22(24,25)26)34(32,33)30-17-7-13(23)10-28-19(17)20(31)18-12(2)9-29-21-15(18)5-6-27-21/h3-10,30H,1-2H3,(H,27,29). The van der Waals surface area contributed by atoms with Crippen LogP contribution in [0.15, 0.2) is 53.8 Å². The maximum Gasteiger partial charge on any atom is 0.416 e. The Balaban J connectivity index is 1.80. The summed E-state index contributed by atoms with van der Waals surface area (Å²) in [5.41, 5.74) is -0.537. The summed E-state index contributed by atoms with van der Waals surface area (Å²) in [5, 5.41) is 0.524. The number of alkyl halides is 3. The van der Waals surface area contributed by atoms with Crippen molar-refractivity contribution in [2.75, 3.05) is 4.72 Å². The number of halogens is 4. The van der Waals surface area contributed by atoms with E-state index in [0.29, 0.717) is 22.7 Å². The molecule has 2 N–H and O–H groups in total. The lowest BCUT2D eigenvalue weighted by Crippen LogP contribution is -2.18. The minimum Gasteiger partial charge on any atom is -0.346 e. The summed E-state index contributed by atoms with van der Waals surface area (Å²) in [6.07, 6.45) is -0.487. The molecule has 0 saturated carbocycles. The van der Waals surface area contributed by atoms with Gasteiger partial charge in [-0.2, -0.15) is 13.2 Å². The lowest BCUT2D eigenvalue weighted by atomic mass is 10.0. The Morgan fingerprint density at radius 3 is 2.50 bits per heavy atom. The van der Waals surface area contributed by atoms with Gasteiger partial charge in [0.15, 0.2) is 0 Å². The predicted octanol–water partition coefficient (Wildman–Crippen LogP) is 5.28. The normalized spacial score (nSPS) is 12.2. The molecule has 0 spiro atoms. The molecular formula is C22H16ClF3N4O3S. The number of ketones is 1. The van der Waals surface area contributed by atoms with Gasteiger partial charge in [0.25, 0.3) is 10.0 Å². The Bertz CT molecular complexity index is 1550. The Morgan fingerprint density at radius 1 is 1.06 bits per heavy atom. The number of nitrogens with one attached hydrogen (secondary N) is 2. The van der Waals surface area contributed by atoms with E-state index < -0.39 is 32.4 Å². The molecule has 7 nitrogen and oxygen atoms in total. The van der Waals surface area contributed by atoms with Gasteiger partial charge in [0, 0.05) is 29.5 Å². The van der Waals surface area contributed by atoms with Gasteiger partial charge in [-0.3, -0.25) is 9.52 Å². The van der Waals surface area contributed by atoms with Gasteiger partial charge < -0.3 is 4.98 Å². The summed E-state index contributed by atoms with van der Waals surface area (Å²) in [6.45, 7) is 2.89. The van der Waals surface area contributed by atoms with Gasteiger partial charge in [0.05, 0.1) is 21.2 Å². The average Bonchev–Trinajstić information content (AvgIpc) is 3.21. The van der Waals surface area contributed by atoms with E-state index in [4.69, 9.17) is 11.6 Å². The summed E-state index contributed by atoms with van der Waals surface area (Å²) in [6, 6.07) is 5.45. The van der Waals surface area contributed by atoms with E-state index in [1.54, 1.807) is 19.2 Å². The second-order valence-corrected chi connectivity index (χ2v) is 9.63. The first-order chi connectivity index (χ1) is 15.9. The van der Waals surface area contributed by atoms with E-state index in [2.05, 4.69) is 19.7 Å². The van der Waals surface area contributed by atoms with E-state index in [0.717, 1.165) is 12.1 Å². The van der Waals surface area contributed by atoms with Crippen molar-refractivity contribution in [1.82, 2.24) is 15.0 Å². The number of aryl methyl sites for hydroxylation is 2. The average molecular weight is 509 g/mol. The van der Waals surface area contributed by atoms with Crippen LogP contribution in [0.25, 0.3) is 11.0 Å². The Morgan fingerprint density at radius 2 is 1.79 bits per heavy atom. The van der Waals surface area contributed by atoms with Gasteiger partial charge in [-0.25, -0.2) is 18.4 Å². The number of hydrogen-bond acceptors (Lipinski definition) is 5. The van der Waals surface area contributed by atoms with Gasteiger partial charge >= 0.3 is 6.18 Å². The van der Waals surface area contributed by atoms with Crippen LogP contribution in [0.4, 0.5) is 18.9 Å². The smallest absolute Gasteiger partial charge is 0.346 e. The Hall–Kier alpha value is -3.44. The summed E-state index contributed by atoms with van der Waals surface area (Å²) in [5.74, 6) is -0.612. The van der Waals surface area contributed by atoms with Crippen molar-refractivity contribution in [2.45, 2.75) is 24.9 Å². The highest BCUT2D eigenvalue weighted by atomic mass is 35.5.